The Bertz CT molecular complexity index is 347. The Morgan fingerprint density at radius 3 is 2.54 bits per heavy atom. The van der Waals surface area contributed by atoms with Gasteiger partial charge < -0.3 is 10.3 Å². The zero-order chi connectivity index (χ0) is 10.1. The van der Waals surface area contributed by atoms with Gasteiger partial charge in [0.15, 0.2) is 0 Å². The van der Waals surface area contributed by atoms with E-state index in [0.29, 0.717) is 12.1 Å². The van der Waals surface area contributed by atoms with Gasteiger partial charge >= 0.3 is 0 Å². The molecule has 0 saturated heterocycles. The Morgan fingerprint density at radius 1 is 1.46 bits per heavy atom. The fourth-order valence-corrected chi connectivity index (χ4v) is 1.22. The Morgan fingerprint density at radius 2 is 2.08 bits per heavy atom. The first kappa shape index (κ1) is 9.99. The molecule has 0 unspecified atom stereocenters. The van der Waals surface area contributed by atoms with Crippen molar-refractivity contribution in [3.05, 3.63) is 34.2 Å². The maximum atomic E-state index is 11.7. The van der Waals surface area contributed by atoms with Gasteiger partial charge in [-0.2, -0.15) is 0 Å². The Balaban J connectivity index is 3.33. The molecule has 0 aliphatic rings. The van der Waals surface area contributed by atoms with Gasteiger partial charge in [0.1, 0.15) is 0 Å². The third-order valence-corrected chi connectivity index (χ3v) is 1.97. The lowest BCUT2D eigenvalue weighted by Gasteiger charge is -2.22. The Hall–Kier alpha value is -1.09. The van der Waals surface area contributed by atoms with Gasteiger partial charge in [-0.3, -0.25) is 4.79 Å². The molecule has 13 heavy (non-hydrogen) atoms. The van der Waals surface area contributed by atoms with Gasteiger partial charge in [0.2, 0.25) is 0 Å². The van der Waals surface area contributed by atoms with E-state index in [2.05, 4.69) is 0 Å². The van der Waals surface area contributed by atoms with E-state index in [0.717, 1.165) is 0 Å². The van der Waals surface area contributed by atoms with Crippen LogP contribution >= 0.6 is 0 Å². The maximum Gasteiger partial charge on any atom is 0.255 e. The first-order chi connectivity index (χ1) is 5.96. The van der Waals surface area contributed by atoms with Crippen LogP contribution in [-0.4, -0.2) is 4.57 Å². The van der Waals surface area contributed by atoms with Gasteiger partial charge in [-0.1, -0.05) is 6.07 Å². The van der Waals surface area contributed by atoms with Crippen LogP contribution in [0, 0.1) is 0 Å². The fourth-order valence-electron chi connectivity index (χ4n) is 1.22. The fraction of sp³-hybridized carbons (Fsp3) is 0.500. The highest BCUT2D eigenvalue weighted by atomic mass is 16.1. The quantitative estimate of drug-likeness (QED) is 0.702. The topological polar surface area (TPSA) is 48.0 Å². The highest BCUT2D eigenvalue weighted by molar-refractivity contribution is 5.11. The number of rotatable bonds is 1. The van der Waals surface area contributed by atoms with Gasteiger partial charge in [0.25, 0.3) is 5.56 Å². The van der Waals surface area contributed by atoms with Crippen molar-refractivity contribution in [1.29, 1.82) is 0 Å². The molecule has 1 aromatic heterocycles. The average Bonchev–Trinajstić information content (AvgIpc) is 2.02. The summed E-state index contributed by atoms with van der Waals surface area (Å²) >= 11 is 0. The smallest absolute Gasteiger partial charge is 0.255 e. The largest absolute Gasteiger partial charge is 0.326 e. The van der Waals surface area contributed by atoms with Crippen LogP contribution in [0.5, 0.6) is 0 Å². The van der Waals surface area contributed by atoms with E-state index in [1.165, 1.54) is 0 Å². The predicted octanol–water partition coefficient (Wildman–Crippen LogP) is 1.06. The summed E-state index contributed by atoms with van der Waals surface area (Å²) in [6.45, 7) is 6.29. The highest BCUT2D eigenvalue weighted by Gasteiger charge is 2.14. The molecule has 2 N–H and O–H groups in total. The lowest BCUT2D eigenvalue weighted by Crippen LogP contribution is -2.35. The predicted molar refractivity (Wildman–Crippen MR) is 53.6 cm³/mol. The molecule has 0 aromatic carbocycles. The highest BCUT2D eigenvalue weighted by Crippen LogP contribution is 2.10. The summed E-state index contributed by atoms with van der Waals surface area (Å²) in [7, 11) is 0. The lowest BCUT2D eigenvalue weighted by atomic mass is 10.1. The molecule has 1 heterocycles. The molecule has 0 saturated carbocycles. The van der Waals surface area contributed by atoms with Crippen LogP contribution in [0.1, 0.15) is 26.3 Å². The lowest BCUT2D eigenvalue weighted by molar-refractivity contribution is 0.382. The molecule has 0 aliphatic heterocycles. The molecule has 3 nitrogen and oxygen atoms in total. The van der Waals surface area contributed by atoms with Crippen molar-refractivity contribution in [1.82, 2.24) is 4.57 Å². The van der Waals surface area contributed by atoms with E-state index >= 15 is 0 Å². The van der Waals surface area contributed by atoms with Crippen molar-refractivity contribution in [2.45, 2.75) is 32.9 Å². The number of pyridine rings is 1. The summed E-state index contributed by atoms with van der Waals surface area (Å²) in [5.41, 5.74) is 5.95. The minimum atomic E-state index is -0.178. The molecule has 0 aliphatic carbocycles. The molecule has 72 valence electrons. The molecule has 1 aromatic rings. The van der Waals surface area contributed by atoms with Crippen molar-refractivity contribution in [2.24, 2.45) is 5.73 Å². The summed E-state index contributed by atoms with van der Waals surface area (Å²) in [5, 5.41) is 0. The van der Waals surface area contributed by atoms with Crippen molar-refractivity contribution >= 4 is 0 Å². The first-order valence-electron chi connectivity index (χ1n) is 4.38. The van der Waals surface area contributed by atoms with E-state index < -0.39 is 0 Å². The van der Waals surface area contributed by atoms with E-state index in [-0.39, 0.29) is 11.1 Å². The summed E-state index contributed by atoms with van der Waals surface area (Å²) in [6.07, 6.45) is 1.79. The van der Waals surface area contributed by atoms with Crippen molar-refractivity contribution < 1.29 is 0 Å². The molecule has 0 bridgehead atoms. The number of nitrogens with zero attached hydrogens (tertiary/aromatic N) is 1. The molecular weight excluding hydrogens is 164 g/mol. The van der Waals surface area contributed by atoms with Gasteiger partial charge in [-0.15, -0.1) is 0 Å². The second kappa shape index (κ2) is 3.34. The molecular formula is C10H16N2O. The van der Waals surface area contributed by atoms with E-state index in [9.17, 15) is 4.79 Å². The number of aromatic nitrogens is 1. The molecule has 0 radical (unpaired) electrons. The van der Waals surface area contributed by atoms with Crippen molar-refractivity contribution in [2.75, 3.05) is 0 Å². The Labute approximate surface area is 78.2 Å². The zero-order valence-corrected chi connectivity index (χ0v) is 8.37. The first-order valence-corrected chi connectivity index (χ1v) is 4.38. The average molecular weight is 180 g/mol. The maximum absolute atomic E-state index is 11.7. The minimum absolute atomic E-state index is 0.0116. The molecule has 0 fully saturated rings. The van der Waals surface area contributed by atoms with E-state index in [1.54, 1.807) is 16.8 Å². The third-order valence-electron chi connectivity index (χ3n) is 1.97. The standard InChI is InChI=1S/C10H16N2O/c1-10(2,3)12-6-4-5-8(7-11)9(12)13/h4-6H,7,11H2,1-3H3. The van der Waals surface area contributed by atoms with Gasteiger partial charge in [0, 0.05) is 23.8 Å². The van der Waals surface area contributed by atoms with Crippen LogP contribution in [0.4, 0.5) is 0 Å². The van der Waals surface area contributed by atoms with Crippen LogP contribution in [0.3, 0.4) is 0 Å². The van der Waals surface area contributed by atoms with Crippen LogP contribution in [0.25, 0.3) is 0 Å². The van der Waals surface area contributed by atoms with Gasteiger partial charge in [0.05, 0.1) is 0 Å². The normalized spacial score (nSPS) is 11.7. The third kappa shape index (κ3) is 1.98. The van der Waals surface area contributed by atoms with Crippen LogP contribution < -0.4 is 11.3 Å². The SMILES string of the molecule is CC(C)(C)n1cccc(CN)c1=O. The summed E-state index contributed by atoms with van der Waals surface area (Å²) in [5.74, 6) is 0. The van der Waals surface area contributed by atoms with E-state index in [1.807, 2.05) is 26.8 Å². The van der Waals surface area contributed by atoms with Crippen molar-refractivity contribution in [3.63, 3.8) is 0 Å². The van der Waals surface area contributed by atoms with Crippen LogP contribution in [-0.2, 0) is 12.1 Å². The minimum Gasteiger partial charge on any atom is -0.326 e. The van der Waals surface area contributed by atoms with Crippen LogP contribution in [0.15, 0.2) is 23.1 Å². The summed E-state index contributed by atoms with van der Waals surface area (Å²) < 4.78 is 1.70. The second-order valence-electron chi connectivity index (χ2n) is 4.08. The number of hydrogen-bond donors (Lipinski definition) is 1. The van der Waals surface area contributed by atoms with E-state index in [4.69, 9.17) is 5.73 Å². The summed E-state index contributed by atoms with van der Waals surface area (Å²) in [6, 6.07) is 3.62. The summed E-state index contributed by atoms with van der Waals surface area (Å²) in [4.78, 5) is 11.7. The van der Waals surface area contributed by atoms with Crippen LogP contribution in [0.2, 0.25) is 0 Å². The molecule has 0 atom stereocenters. The number of nitrogens with two attached hydrogens (primary N) is 1. The monoisotopic (exact) mass is 180 g/mol. The molecule has 0 amide bonds. The molecule has 3 heteroatoms. The molecule has 0 spiro atoms. The molecule has 1 rings (SSSR count). The Kier molecular flexibility index (Phi) is 2.57. The second-order valence-corrected chi connectivity index (χ2v) is 4.08. The van der Waals surface area contributed by atoms with Crippen molar-refractivity contribution in [3.8, 4) is 0 Å². The zero-order valence-electron chi connectivity index (χ0n) is 8.37. The number of hydrogen-bond acceptors (Lipinski definition) is 2. The van der Waals surface area contributed by atoms with Gasteiger partial charge in [-0.05, 0) is 26.8 Å². The van der Waals surface area contributed by atoms with Gasteiger partial charge in [-0.25, -0.2) is 0 Å².